The van der Waals surface area contributed by atoms with E-state index in [2.05, 4.69) is 32.9 Å². The Hall–Kier alpha value is -5.11. The fraction of sp³-hybridized carbons (Fsp3) is 0.121. The van der Waals surface area contributed by atoms with E-state index in [-0.39, 0.29) is 0 Å². The van der Waals surface area contributed by atoms with E-state index in [0.717, 1.165) is 6.42 Å². The van der Waals surface area contributed by atoms with Crippen molar-refractivity contribution in [1.29, 1.82) is 0 Å². The van der Waals surface area contributed by atoms with Gasteiger partial charge in [-0.1, -0.05) is 0 Å². The third-order valence-corrected chi connectivity index (χ3v) is 8.21. The molecule has 0 nitrogen and oxygen atoms in total. The van der Waals surface area contributed by atoms with Gasteiger partial charge in [0.15, 0.2) is 69.8 Å². The van der Waals surface area contributed by atoms with Crippen LogP contribution in [-0.2, 0) is 0 Å². The first-order chi connectivity index (χ1) is 24.9. The maximum absolute atomic E-state index is 15.4. The summed E-state index contributed by atoms with van der Waals surface area (Å²) in [6, 6.07) is 0. The molecule has 0 aromatic heterocycles. The van der Waals surface area contributed by atoms with Crippen LogP contribution in [0.2, 0.25) is 0 Å². The number of benzene rings is 4. The molecule has 0 bridgehead atoms. The smallest absolute Gasteiger partial charge is 0.200 e. The summed E-state index contributed by atoms with van der Waals surface area (Å²) in [5.74, 6) is -69.9. The minimum absolute atomic E-state index is 1.16. The van der Waals surface area contributed by atoms with E-state index < -0.39 is 144 Å². The SMILES string of the molecule is CC1=C[C+](C)CC(C)=C1.Fc1c(F)c(F)c([B-](c2c(F)c(F)c(F)c(F)c2F)(c2c(F)c(F)c(F)c(F)c2F)c2c(F)c(F)c(F)c(F)c2F)c(F)c1F. The van der Waals surface area contributed by atoms with Crippen LogP contribution in [0.15, 0.2) is 23.3 Å². The molecule has 4 aromatic carbocycles. The van der Waals surface area contributed by atoms with Gasteiger partial charge in [-0.05, 0) is 12.5 Å². The summed E-state index contributed by atoms with van der Waals surface area (Å²) in [7, 11) is 0. The third kappa shape index (κ3) is 6.13. The van der Waals surface area contributed by atoms with Gasteiger partial charge in [0.2, 0.25) is 0 Å². The summed E-state index contributed by atoms with van der Waals surface area (Å²) in [4.78, 5) is 0. The zero-order valence-corrected chi connectivity index (χ0v) is 26.5. The van der Waals surface area contributed by atoms with Crippen molar-refractivity contribution in [3.05, 3.63) is 146 Å². The van der Waals surface area contributed by atoms with E-state index in [1.54, 1.807) is 0 Å². The third-order valence-electron chi connectivity index (χ3n) is 8.21. The van der Waals surface area contributed by atoms with Crippen LogP contribution in [0, 0.1) is 122 Å². The lowest BCUT2D eigenvalue weighted by Crippen LogP contribution is -2.81. The second-order valence-corrected chi connectivity index (χ2v) is 11.7. The fourth-order valence-corrected chi connectivity index (χ4v) is 6.24. The van der Waals surface area contributed by atoms with E-state index in [1.165, 1.54) is 17.1 Å². The Labute approximate surface area is 288 Å². The van der Waals surface area contributed by atoms with Gasteiger partial charge in [0.1, 0.15) is 52.7 Å². The minimum Gasteiger partial charge on any atom is -0.207 e. The number of rotatable bonds is 4. The molecule has 0 fully saturated rings. The fourth-order valence-electron chi connectivity index (χ4n) is 6.24. The van der Waals surface area contributed by atoms with Gasteiger partial charge in [0.05, 0.1) is 24.0 Å². The molecule has 1 aliphatic carbocycles. The average molecular weight is 800 g/mol. The van der Waals surface area contributed by atoms with Crippen molar-refractivity contribution in [3.8, 4) is 0 Å². The summed E-state index contributed by atoms with van der Waals surface area (Å²) >= 11 is 0. The van der Waals surface area contributed by atoms with Gasteiger partial charge in [0.25, 0.3) is 0 Å². The van der Waals surface area contributed by atoms with E-state index in [9.17, 15) is 52.7 Å². The molecule has 0 amide bonds. The van der Waals surface area contributed by atoms with Gasteiger partial charge in [0, 0.05) is 19.9 Å². The monoisotopic (exact) mass is 800 g/mol. The molecule has 0 aliphatic heterocycles. The van der Waals surface area contributed by atoms with Gasteiger partial charge >= 0.3 is 0 Å². The lowest BCUT2D eigenvalue weighted by molar-refractivity contribution is 0.378. The van der Waals surface area contributed by atoms with Crippen molar-refractivity contribution in [2.75, 3.05) is 0 Å². The Morgan fingerprint density at radius 2 is 0.537 bits per heavy atom. The molecule has 1 aliphatic rings. The molecule has 4 aromatic rings. The molecular weight excluding hydrogens is 787 g/mol. The van der Waals surface area contributed by atoms with E-state index in [0.29, 0.717) is 0 Å². The van der Waals surface area contributed by atoms with Crippen molar-refractivity contribution in [3.63, 3.8) is 0 Å². The van der Waals surface area contributed by atoms with Crippen LogP contribution < -0.4 is 21.9 Å². The highest BCUT2D eigenvalue weighted by molar-refractivity contribution is 7.20. The first kappa shape index (κ1) is 41.6. The van der Waals surface area contributed by atoms with Crippen LogP contribution in [0.4, 0.5) is 87.8 Å². The molecule has 0 radical (unpaired) electrons. The Balaban J connectivity index is 0.000000631. The molecule has 0 saturated carbocycles. The number of hydrogen-bond acceptors (Lipinski definition) is 0. The second kappa shape index (κ2) is 14.6. The number of allylic oxidation sites excluding steroid dienone is 4. The summed E-state index contributed by atoms with van der Waals surface area (Å²) in [6.07, 6.45) is -1.57. The Bertz CT molecular complexity index is 1910. The molecule has 0 heterocycles. The molecule has 0 spiro atoms. The zero-order valence-electron chi connectivity index (χ0n) is 26.5. The molecule has 0 N–H and O–H groups in total. The molecule has 0 atom stereocenters. The molecule has 0 saturated heterocycles. The first-order valence-electron chi connectivity index (χ1n) is 14.3. The molecule has 54 heavy (non-hydrogen) atoms. The highest BCUT2D eigenvalue weighted by Gasteiger charge is 2.52. The van der Waals surface area contributed by atoms with Crippen LogP contribution in [-0.4, -0.2) is 6.15 Å². The van der Waals surface area contributed by atoms with E-state index in [1.807, 2.05) is 0 Å². The highest BCUT2D eigenvalue weighted by Crippen LogP contribution is 2.31. The summed E-state index contributed by atoms with van der Waals surface area (Å²) < 4.78 is 294. The largest absolute Gasteiger partial charge is 0.207 e. The Kier molecular flexibility index (Phi) is 11.3. The van der Waals surface area contributed by atoms with Crippen LogP contribution in [0.5, 0.6) is 0 Å². The van der Waals surface area contributed by atoms with Crippen LogP contribution in [0.25, 0.3) is 0 Å². The normalized spacial score (nSPS) is 13.2. The summed E-state index contributed by atoms with van der Waals surface area (Å²) in [5.41, 5.74) is -11.5. The standard InChI is InChI=1S/C24BF20.C9H13/c26-5-1(6(27)14(35)21(42)13(5)34)25(2-7(28)15(36)22(43)16(37)8(2)29,3-9(30)17(38)23(44)18(39)10(3)31)4-11(32)19(40)24(45)20(41)12(4)33;1-7-4-8(2)6-9(3)5-7/h;4-5H,6H2,1-3H3/q-1;+1. The van der Waals surface area contributed by atoms with Crippen molar-refractivity contribution in [2.45, 2.75) is 27.2 Å². The predicted molar refractivity (Wildman–Crippen MR) is 150 cm³/mol. The molecule has 21 heteroatoms. The van der Waals surface area contributed by atoms with Gasteiger partial charge in [-0.3, -0.25) is 0 Å². The van der Waals surface area contributed by atoms with Gasteiger partial charge < -0.3 is 0 Å². The zero-order chi connectivity index (χ0) is 41.2. The topological polar surface area (TPSA) is 0 Å². The van der Waals surface area contributed by atoms with Gasteiger partial charge in [-0.15, -0.1) is 21.9 Å². The van der Waals surface area contributed by atoms with Crippen LogP contribution in [0.3, 0.4) is 0 Å². The predicted octanol–water partition coefficient (Wildman–Crippen LogP) is 8.72. The lowest BCUT2D eigenvalue weighted by Gasteiger charge is -2.44. The highest BCUT2D eigenvalue weighted by atomic mass is 19.2. The summed E-state index contributed by atoms with van der Waals surface area (Å²) in [6.45, 7) is 6.51. The maximum Gasteiger partial charge on any atom is 0.200 e. The van der Waals surface area contributed by atoms with Gasteiger partial charge in [-0.25, -0.2) is 87.8 Å². The first-order valence-corrected chi connectivity index (χ1v) is 14.3. The number of hydrogen-bond donors (Lipinski definition) is 0. The van der Waals surface area contributed by atoms with Crippen molar-refractivity contribution in [2.24, 2.45) is 0 Å². The molecule has 5 rings (SSSR count). The lowest BCUT2D eigenvalue weighted by atomic mass is 9.12. The van der Waals surface area contributed by atoms with Crippen molar-refractivity contribution < 1.29 is 87.8 Å². The average Bonchev–Trinajstić information content (AvgIpc) is 3.11. The minimum atomic E-state index is -7.22. The molecule has 288 valence electrons. The van der Waals surface area contributed by atoms with E-state index in [4.69, 9.17) is 0 Å². The van der Waals surface area contributed by atoms with Crippen LogP contribution >= 0.6 is 0 Å². The van der Waals surface area contributed by atoms with E-state index >= 15 is 35.1 Å². The maximum atomic E-state index is 15.4. The van der Waals surface area contributed by atoms with Crippen molar-refractivity contribution in [1.82, 2.24) is 0 Å². The molecule has 0 unspecified atom stereocenters. The quantitative estimate of drug-likeness (QED) is 0.0638. The summed E-state index contributed by atoms with van der Waals surface area (Å²) in [5, 5.41) is 0. The Morgan fingerprint density at radius 3 is 0.704 bits per heavy atom. The van der Waals surface area contributed by atoms with Gasteiger partial charge in [-0.2, -0.15) is 0 Å². The Morgan fingerprint density at radius 1 is 0.352 bits per heavy atom. The second-order valence-electron chi connectivity index (χ2n) is 11.7. The van der Waals surface area contributed by atoms with Crippen LogP contribution in [0.1, 0.15) is 27.2 Å². The molecular formula is C33H13BF20. The number of halogens is 20. The van der Waals surface area contributed by atoms with Crippen molar-refractivity contribution >= 4 is 28.0 Å².